The Hall–Kier alpha value is -1.49. The van der Waals surface area contributed by atoms with Crippen LogP contribution in [0.25, 0.3) is 10.7 Å². The summed E-state index contributed by atoms with van der Waals surface area (Å²) >= 11 is 1.37. The molecule has 110 valence electrons. The van der Waals surface area contributed by atoms with E-state index in [2.05, 4.69) is 10.2 Å². The van der Waals surface area contributed by atoms with Gasteiger partial charge in [-0.3, -0.25) is 4.57 Å². The van der Waals surface area contributed by atoms with Crippen molar-refractivity contribution in [3.8, 4) is 16.5 Å². The van der Waals surface area contributed by atoms with Gasteiger partial charge in [-0.05, 0) is 0 Å². The zero-order valence-electron chi connectivity index (χ0n) is 10.9. The predicted molar refractivity (Wildman–Crippen MR) is 73.1 cm³/mol. The number of ether oxygens (including phenoxy) is 2. The van der Waals surface area contributed by atoms with E-state index in [9.17, 15) is 8.42 Å². The quantitative estimate of drug-likeness (QED) is 0.821. The van der Waals surface area contributed by atoms with Crippen molar-refractivity contribution in [2.24, 2.45) is 5.14 Å². The highest BCUT2D eigenvalue weighted by molar-refractivity contribution is 7.89. The van der Waals surface area contributed by atoms with Gasteiger partial charge in [0.2, 0.25) is 0 Å². The average Bonchev–Trinajstić information content (AvgIpc) is 3.01. The van der Waals surface area contributed by atoms with Crippen LogP contribution in [0, 0.1) is 0 Å². The number of sulfonamides is 1. The third-order valence-electron chi connectivity index (χ3n) is 2.52. The van der Waals surface area contributed by atoms with Gasteiger partial charge in [0.05, 0.1) is 25.1 Å². The summed E-state index contributed by atoms with van der Waals surface area (Å²) < 4.78 is 34.5. The fourth-order valence-electron chi connectivity index (χ4n) is 1.61. The van der Waals surface area contributed by atoms with Gasteiger partial charge in [0.15, 0.2) is 5.82 Å². The summed E-state index contributed by atoms with van der Waals surface area (Å²) in [5.74, 6) is 1.09. The lowest BCUT2D eigenvalue weighted by molar-refractivity contribution is 0.185. The molecule has 2 aromatic rings. The van der Waals surface area contributed by atoms with E-state index in [1.165, 1.54) is 23.0 Å². The van der Waals surface area contributed by atoms with Crippen LogP contribution in [-0.4, -0.2) is 44.0 Å². The molecule has 10 heteroatoms. The highest BCUT2D eigenvalue weighted by Crippen LogP contribution is 2.30. The van der Waals surface area contributed by atoms with Crippen LogP contribution in [-0.2, 0) is 21.3 Å². The van der Waals surface area contributed by atoms with Crippen molar-refractivity contribution in [3.63, 3.8) is 0 Å². The first kappa shape index (κ1) is 14.9. The Bertz CT molecular complexity index is 692. The number of hydrogen-bond acceptors (Lipinski definition) is 7. The first-order valence-corrected chi connectivity index (χ1v) is 7.97. The third-order valence-corrected chi connectivity index (χ3v) is 4.24. The minimum absolute atomic E-state index is 0.281. The molecule has 20 heavy (non-hydrogen) atoms. The van der Waals surface area contributed by atoms with Gasteiger partial charge in [0.25, 0.3) is 15.2 Å². The normalized spacial score (nSPS) is 11.8. The molecule has 8 nitrogen and oxygen atoms in total. The molecule has 0 saturated carbocycles. The van der Waals surface area contributed by atoms with Gasteiger partial charge in [-0.1, -0.05) is 0 Å². The maximum absolute atomic E-state index is 11.5. The summed E-state index contributed by atoms with van der Waals surface area (Å²) in [6.07, 6.45) is 0. The SMILES string of the molecule is COCCn1c(-c2cc(OC)cs2)nnc1S(N)(=O)=O. The van der Waals surface area contributed by atoms with Crippen molar-refractivity contribution in [1.29, 1.82) is 0 Å². The standard InChI is InChI=1S/C10H14N4O4S2/c1-17-4-3-14-9(8-5-7(18-2)6-19-8)12-13-10(14)20(11,15)16/h5-6H,3-4H2,1-2H3,(H2,11,15,16). The molecular formula is C10H14N4O4S2. The molecule has 2 heterocycles. The summed E-state index contributed by atoms with van der Waals surface area (Å²) in [6.45, 7) is 0.598. The Balaban J connectivity index is 2.49. The van der Waals surface area contributed by atoms with Crippen LogP contribution >= 0.6 is 11.3 Å². The first-order chi connectivity index (χ1) is 9.47. The minimum atomic E-state index is -3.94. The zero-order chi connectivity index (χ0) is 14.8. The molecule has 0 amide bonds. The summed E-state index contributed by atoms with van der Waals surface area (Å²) in [6, 6.07) is 1.75. The molecule has 0 aromatic carbocycles. The molecule has 0 unspecified atom stereocenters. The lowest BCUT2D eigenvalue weighted by atomic mass is 10.4. The van der Waals surface area contributed by atoms with Gasteiger partial charge in [-0.2, -0.15) is 0 Å². The number of hydrogen-bond donors (Lipinski definition) is 1. The molecule has 0 radical (unpaired) electrons. The molecule has 2 N–H and O–H groups in total. The molecule has 0 fully saturated rings. The van der Waals surface area contributed by atoms with Gasteiger partial charge in [0.1, 0.15) is 5.75 Å². The molecule has 0 spiro atoms. The van der Waals surface area contributed by atoms with Crippen LogP contribution in [0.15, 0.2) is 16.6 Å². The molecular weight excluding hydrogens is 304 g/mol. The Labute approximate surface area is 120 Å². The van der Waals surface area contributed by atoms with Crippen LogP contribution in [0.4, 0.5) is 0 Å². The summed E-state index contributed by atoms with van der Waals surface area (Å²) in [5, 5.41) is 14.2. The van der Waals surface area contributed by atoms with Crippen LogP contribution in [0.3, 0.4) is 0 Å². The van der Waals surface area contributed by atoms with Crippen molar-refractivity contribution in [3.05, 3.63) is 11.4 Å². The van der Waals surface area contributed by atoms with Crippen molar-refractivity contribution in [1.82, 2.24) is 14.8 Å². The molecule has 0 aliphatic carbocycles. The lowest BCUT2D eigenvalue weighted by Crippen LogP contribution is -2.20. The summed E-state index contributed by atoms with van der Waals surface area (Å²) in [7, 11) is -0.867. The molecule has 0 saturated heterocycles. The Morgan fingerprint density at radius 1 is 1.40 bits per heavy atom. The second-order valence-corrected chi connectivity index (χ2v) is 6.21. The maximum atomic E-state index is 11.5. The first-order valence-electron chi connectivity index (χ1n) is 5.55. The van der Waals surface area contributed by atoms with Crippen LogP contribution < -0.4 is 9.88 Å². The fraction of sp³-hybridized carbons (Fsp3) is 0.400. The van der Waals surface area contributed by atoms with Crippen molar-refractivity contribution in [2.45, 2.75) is 11.7 Å². The van der Waals surface area contributed by atoms with Crippen molar-refractivity contribution < 1.29 is 17.9 Å². The van der Waals surface area contributed by atoms with Crippen LogP contribution in [0.2, 0.25) is 0 Å². The smallest absolute Gasteiger partial charge is 0.273 e. The zero-order valence-corrected chi connectivity index (χ0v) is 12.6. The van der Waals surface area contributed by atoms with Crippen LogP contribution in [0.5, 0.6) is 5.75 Å². The van der Waals surface area contributed by atoms with Gasteiger partial charge < -0.3 is 9.47 Å². The number of methoxy groups -OCH3 is 2. The van der Waals surface area contributed by atoms with E-state index in [0.29, 0.717) is 18.2 Å². The van der Waals surface area contributed by atoms with E-state index in [4.69, 9.17) is 14.6 Å². The molecule has 0 bridgehead atoms. The number of nitrogens with zero attached hydrogens (tertiary/aromatic N) is 3. The lowest BCUT2D eigenvalue weighted by Gasteiger charge is -2.07. The number of thiophene rings is 1. The highest BCUT2D eigenvalue weighted by Gasteiger charge is 2.22. The van der Waals surface area contributed by atoms with E-state index >= 15 is 0 Å². The molecule has 2 rings (SSSR count). The fourth-order valence-corrected chi connectivity index (χ4v) is 3.10. The highest BCUT2D eigenvalue weighted by atomic mass is 32.2. The minimum Gasteiger partial charge on any atom is -0.496 e. The Kier molecular flexibility index (Phi) is 4.38. The predicted octanol–water partition coefficient (Wildman–Crippen LogP) is 0.309. The van der Waals surface area contributed by atoms with Crippen molar-refractivity contribution >= 4 is 21.4 Å². The Morgan fingerprint density at radius 3 is 2.70 bits per heavy atom. The number of primary sulfonamides is 1. The number of nitrogens with two attached hydrogens (primary N) is 1. The number of rotatable bonds is 6. The average molecular weight is 318 g/mol. The Morgan fingerprint density at radius 2 is 2.15 bits per heavy atom. The topological polar surface area (TPSA) is 109 Å². The van der Waals surface area contributed by atoms with E-state index < -0.39 is 10.0 Å². The monoisotopic (exact) mass is 318 g/mol. The van der Waals surface area contributed by atoms with Crippen molar-refractivity contribution in [2.75, 3.05) is 20.8 Å². The molecule has 0 atom stereocenters. The van der Waals surface area contributed by atoms with Crippen LogP contribution in [0.1, 0.15) is 0 Å². The van der Waals surface area contributed by atoms with E-state index in [-0.39, 0.29) is 11.7 Å². The molecule has 0 aliphatic rings. The molecule has 2 aromatic heterocycles. The third kappa shape index (κ3) is 2.98. The summed E-state index contributed by atoms with van der Waals surface area (Å²) in [4.78, 5) is 0.736. The molecule has 0 aliphatic heterocycles. The van der Waals surface area contributed by atoms with E-state index in [0.717, 1.165) is 4.88 Å². The van der Waals surface area contributed by atoms with Gasteiger partial charge in [-0.15, -0.1) is 21.5 Å². The van der Waals surface area contributed by atoms with E-state index in [1.807, 2.05) is 0 Å². The van der Waals surface area contributed by atoms with Gasteiger partial charge in [0, 0.05) is 18.6 Å². The summed E-state index contributed by atoms with van der Waals surface area (Å²) in [5.41, 5.74) is 0. The number of aromatic nitrogens is 3. The second kappa shape index (κ2) is 5.87. The largest absolute Gasteiger partial charge is 0.496 e. The van der Waals surface area contributed by atoms with Gasteiger partial charge >= 0.3 is 0 Å². The maximum Gasteiger partial charge on any atom is 0.273 e. The van der Waals surface area contributed by atoms with E-state index in [1.54, 1.807) is 18.6 Å². The van der Waals surface area contributed by atoms with Gasteiger partial charge in [-0.25, -0.2) is 13.6 Å². The second-order valence-electron chi connectivity index (χ2n) is 3.85.